The lowest BCUT2D eigenvalue weighted by molar-refractivity contribution is -0.930. The van der Waals surface area contributed by atoms with Gasteiger partial charge in [0.1, 0.15) is 12.7 Å². The Labute approximate surface area is 88.5 Å². The molecule has 0 bridgehead atoms. The van der Waals surface area contributed by atoms with Crippen molar-refractivity contribution in [3.05, 3.63) is 0 Å². The summed E-state index contributed by atoms with van der Waals surface area (Å²) in [5, 5.41) is 0. The molecular weight excluding hydrogens is 172 g/mol. The van der Waals surface area contributed by atoms with Crippen LogP contribution in [0.25, 0.3) is 0 Å². The molecule has 2 nitrogen and oxygen atoms in total. The highest BCUT2D eigenvalue weighted by molar-refractivity contribution is 4.80. The van der Waals surface area contributed by atoms with Gasteiger partial charge in [-0.3, -0.25) is 0 Å². The van der Waals surface area contributed by atoms with E-state index in [0.717, 1.165) is 12.1 Å². The van der Waals surface area contributed by atoms with Gasteiger partial charge in [0.05, 0.1) is 19.1 Å². The molecule has 2 aliphatic rings. The maximum absolute atomic E-state index is 2.70. The summed E-state index contributed by atoms with van der Waals surface area (Å²) in [6.45, 7) is 12.7. The highest BCUT2D eigenvalue weighted by atomic mass is 15.5. The van der Waals surface area contributed by atoms with Gasteiger partial charge in [0.25, 0.3) is 0 Å². The molecule has 2 saturated heterocycles. The third kappa shape index (κ3) is 1.49. The molecule has 2 heteroatoms. The third-order valence-corrected chi connectivity index (χ3v) is 4.57. The Bertz CT molecular complexity index is 196. The van der Waals surface area contributed by atoms with Crippen molar-refractivity contribution in [3.8, 4) is 0 Å². The number of rotatable bonds is 2. The minimum atomic E-state index is 0.799. The Morgan fingerprint density at radius 3 is 2.43 bits per heavy atom. The van der Waals surface area contributed by atoms with Crippen LogP contribution in [0.5, 0.6) is 0 Å². The summed E-state index contributed by atoms with van der Waals surface area (Å²) < 4.78 is 1.40. The van der Waals surface area contributed by atoms with Crippen LogP contribution in [0.1, 0.15) is 40.0 Å². The van der Waals surface area contributed by atoms with Crippen LogP contribution in [0.4, 0.5) is 0 Å². The standard InChI is InChI=1S/C12H25N2/c1-4-7-13-10-14(8-5-6-9-14)12(3)11(13)2/h11-12H,4-10H2,1-3H3/q+1. The van der Waals surface area contributed by atoms with Crippen molar-refractivity contribution >= 4 is 0 Å². The van der Waals surface area contributed by atoms with E-state index in [-0.39, 0.29) is 0 Å². The predicted molar refractivity (Wildman–Crippen MR) is 60.0 cm³/mol. The third-order valence-electron chi connectivity index (χ3n) is 4.57. The van der Waals surface area contributed by atoms with E-state index < -0.39 is 0 Å². The first-order valence-electron chi connectivity index (χ1n) is 6.29. The summed E-state index contributed by atoms with van der Waals surface area (Å²) in [6, 6.07) is 1.66. The topological polar surface area (TPSA) is 3.24 Å². The zero-order chi connectivity index (χ0) is 10.2. The van der Waals surface area contributed by atoms with Crippen LogP contribution in [0.2, 0.25) is 0 Å². The molecule has 0 aromatic heterocycles. The van der Waals surface area contributed by atoms with Gasteiger partial charge >= 0.3 is 0 Å². The van der Waals surface area contributed by atoms with Crippen molar-refractivity contribution in [3.63, 3.8) is 0 Å². The van der Waals surface area contributed by atoms with Crippen LogP contribution < -0.4 is 0 Å². The second-order valence-electron chi connectivity index (χ2n) is 5.31. The lowest BCUT2D eigenvalue weighted by atomic mass is 10.1. The lowest BCUT2D eigenvalue weighted by Crippen LogP contribution is -2.49. The molecule has 0 aromatic rings. The van der Waals surface area contributed by atoms with Gasteiger partial charge in [-0.1, -0.05) is 6.92 Å². The van der Waals surface area contributed by atoms with E-state index in [9.17, 15) is 0 Å². The lowest BCUT2D eigenvalue weighted by Gasteiger charge is -2.33. The van der Waals surface area contributed by atoms with E-state index in [1.807, 2.05) is 0 Å². The maximum atomic E-state index is 2.70. The Balaban J connectivity index is 2.08. The molecule has 82 valence electrons. The molecule has 0 radical (unpaired) electrons. The van der Waals surface area contributed by atoms with Gasteiger partial charge in [-0.25, -0.2) is 4.90 Å². The molecule has 2 aliphatic heterocycles. The summed E-state index contributed by atoms with van der Waals surface area (Å²) >= 11 is 0. The van der Waals surface area contributed by atoms with Crippen molar-refractivity contribution in [1.29, 1.82) is 0 Å². The van der Waals surface area contributed by atoms with Crippen LogP contribution >= 0.6 is 0 Å². The number of hydrogen-bond acceptors (Lipinski definition) is 1. The molecule has 14 heavy (non-hydrogen) atoms. The van der Waals surface area contributed by atoms with E-state index in [0.29, 0.717) is 0 Å². The maximum Gasteiger partial charge on any atom is 0.135 e. The number of nitrogens with zero attached hydrogens (tertiary/aromatic N) is 2. The molecule has 0 amide bonds. The SMILES string of the molecule is CCCN1C[N+]2(CCCC2)C(C)C1C. The summed E-state index contributed by atoms with van der Waals surface area (Å²) in [5.41, 5.74) is 0. The van der Waals surface area contributed by atoms with Crippen LogP contribution in [0.15, 0.2) is 0 Å². The average molecular weight is 197 g/mol. The number of hydrogen-bond donors (Lipinski definition) is 0. The van der Waals surface area contributed by atoms with Crippen LogP contribution in [0, 0.1) is 0 Å². The molecule has 2 fully saturated rings. The van der Waals surface area contributed by atoms with Crippen LogP contribution in [0.3, 0.4) is 0 Å². The monoisotopic (exact) mass is 197 g/mol. The van der Waals surface area contributed by atoms with Gasteiger partial charge in [-0.05, 0) is 20.3 Å². The summed E-state index contributed by atoms with van der Waals surface area (Å²) in [7, 11) is 0. The molecule has 2 unspecified atom stereocenters. The van der Waals surface area contributed by atoms with Gasteiger partial charge in [0, 0.05) is 19.4 Å². The van der Waals surface area contributed by atoms with Gasteiger partial charge < -0.3 is 4.48 Å². The summed E-state index contributed by atoms with van der Waals surface area (Å²) in [6.07, 6.45) is 4.21. The van der Waals surface area contributed by atoms with Crippen LogP contribution in [-0.4, -0.2) is 47.8 Å². The normalized spacial score (nSPS) is 37.1. The molecular formula is C12H25N2+. The molecule has 2 atom stereocenters. The zero-order valence-corrected chi connectivity index (χ0v) is 10.00. The van der Waals surface area contributed by atoms with E-state index in [1.54, 1.807) is 0 Å². The second-order valence-corrected chi connectivity index (χ2v) is 5.31. The Kier molecular flexibility index (Phi) is 2.85. The number of quaternary nitrogens is 1. The minimum Gasteiger partial charge on any atom is -0.308 e. The van der Waals surface area contributed by atoms with Crippen molar-refractivity contribution in [2.24, 2.45) is 0 Å². The van der Waals surface area contributed by atoms with E-state index in [1.165, 1.54) is 50.0 Å². The predicted octanol–water partition coefficient (Wildman–Crippen LogP) is 2.06. The van der Waals surface area contributed by atoms with E-state index >= 15 is 0 Å². The fourth-order valence-electron chi connectivity index (χ4n) is 3.46. The second kappa shape index (κ2) is 3.82. The highest BCUT2D eigenvalue weighted by Crippen LogP contribution is 2.33. The summed E-state index contributed by atoms with van der Waals surface area (Å²) in [5.74, 6) is 0. The first kappa shape index (κ1) is 10.4. The van der Waals surface area contributed by atoms with Crippen molar-refractivity contribution in [1.82, 2.24) is 4.90 Å². The van der Waals surface area contributed by atoms with Gasteiger partial charge in [-0.2, -0.15) is 0 Å². The highest BCUT2D eigenvalue weighted by Gasteiger charge is 2.48. The first-order chi connectivity index (χ1) is 6.69. The van der Waals surface area contributed by atoms with Gasteiger partial charge in [0.15, 0.2) is 0 Å². The molecule has 2 heterocycles. The summed E-state index contributed by atoms with van der Waals surface area (Å²) in [4.78, 5) is 2.70. The van der Waals surface area contributed by atoms with E-state index in [4.69, 9.17) is 0 Å². The molecule has 0 N–H and O–H groups in total. The smallest absolute Gasteiger partial charge is 0.135 e. The van der Waals surface area contributed by atoms with Crippen molar-refractivity contribution < 1.29 is 4.48 Å². The molecule has 0 aliphatic carbocycles. The fraction of sp³-hybridized carbons (Fsp3) is 1.00. The quantitative estimate of drug-likeness (QED) is 0.613. The minimum absolute atomic E-state index is 0.799. The van der Waals surface area contributed by atoms with Crippen LogP contribution in [-0.2, 0) is 0 Å². The molecule has 2 rings (SSSR count). The molecule has 1 spiro atoms. The Morgan fingerprint density at radius 1 is 1.21 bits per heavy atom. The molecule has 0 saturated carbocycles. The van der Waals surface area contributed by atoms with E-state index in [2.05, 4.69) is 25.7 Å². The van der Waals surface area contributed by atoms with Gasteiger partial charge in [-0.15, -0.1) is 0 Å². The molecule has 0 aromatic carbocycles. The largest absolute Gasteiger partial charge is 0.308 e. The first-order valence-corrected chi connectivity index (χ1v) is 6.29. The Morgan fingerprint density at radius 2 is 1.86 bits per heavy atom. The van der Waals surface area contributed by atoms with Gasteiger partial charge in [0.2, 0.25) is 0 Å². The van der Waals surface area contributed by atoms with Crippen molar-refractivity contribution in [2.45, 2.75) is 52.1 Å². The fourth-order valence-corrected chi connectivity index (χ4v) is 3.46. The zero-order valence-electron chi connectivity index (χ0n) is 10.00. The average Bonchev–Trinajstić information content (AvgIpc) is 2.71. The Hall–Kier alpha value is -0.0800. The van der Waals surface area contributed by atoms with Crippen molar-refractivity contribution in [2.75, 3.05) is 26.3 Å².